The van der Waals surface area contributed by atoms with Crippen LogP contribution in [0.3, 0.4) is 0 Å². The van der Waals surface area contributed by atoms with Gasteiger partial charge in [-0.2, -0.15) is 0 Å². The summed E-state index contributed by atoms with van der Waals surface area (Å²) in [5, 5.41) is 0. The Labute approximate surface area is 235 Å². The summed E-state index contributed by atoms with van der Waals surface area (Å²) in [7, 11) is 5.11. The molecule has 0 unspecified atom stereocenters. The van der Waals surface area contributed by atoms with E-state index in [1.165, 1.54) is 27.8 Å². The molecule has 206 valence electrons. The molecule has 0 bridgehead atoms. The van der Waals surface area contributed by atoms with E-state index >= 15 is 0 Å². The van der Waals surface area contributed by atoms with Gasteiger partial charge in [0.2, 0.25) is 0 Å². The van der Waals surface area contributed by atoms with Gasteiger partial charge in [0.25, 0.3) is 0 Å². The quantitative estimate of drug-likeness (QED) is 0.260. The zero-order chi connectivity index (χ0) is 28.8. The average molecular weight is 525 g/mol. The molecule has 4 rings (SSSR count). The molecule has 0 N–H and O–H groups in total. The van der Waals surface area contributed by atoms with E-state index in [1.807, 2.05) is 24.3 Å². The highest BCUT2D eigenvalue weighted by molar-refractivity contribution is 5.73. The van der Waals surface area contributed by atoms with Crippen molar-refractivity contribution in [3.05, 3.63) is 102 Å². The lowest BCUT2D eigenvalue weighted by Crippen LogP contribution is -2.11. The molecule has 0 spiro atoms. The van der Waals surface area contributed by atoms with Crippen molar-refractivity contribution >= 4 is 0 Å². The number of benzene rings is 4. The van der Waals surface area contributed by atoms with Crippen molar-refractivity contribution in [2.24, 2.45) is 0 Å². The van der Waals surface area contributed by atoms with Gasteiger partial charge < -0.3 is 14.2 Å². The highest BCUT2D eigenvalue weighted by atomic mass is 16.5. The van der Waals surface area contributed by atoms with E-state index in [1.54, 1.807) is 21.3 Å². The molecule has 0 atom stereocenters. The molecule has 4 aromatic rings. The maximum atomic E-state index is 5.51. The van der Waals surface area contributed by atoms with Gasteiger partial charge in [0.1, 0.15) is 17.2 Å². The fourth-order valence-electron chi connectivity index (χ4n) is 4.40. The second-order valence-corrected chi connectivity index (χ2v) is 11.9. The standard InChI is InChI=1S/C18H22O2.C18H22O/c1-18(2,3)14-9-10-17(20-5)16(12-14)13-7-6-8-15(11-13)19-4;1-13-7-6-8-14(11-13)16-12-15(18(2,3)4)9-10-17(16)19-5/h6-12H,1-5H3;6-12H,1-5H3. The summed E-state index contributed by atoms with van der Waals surface area (Å²) in [4.78, 5) is 0. The Morgan fingerprint density at radius 3 is 1.36 bits per heavy atom. The molecule has 3 heteroatoms. The van der Waals surface area contributed by atoms with Gasteiger partial charge in [-0.1, -0.05) is 95.6 Å². The second-order valence-electron chi connectivity index (χ2n) is 11.9. The van der Waals surface area contributed by atoms with Gasteiger partial charge in [-0.05, 0) is 76.4 Å². The Bertz CT molecular complexity index is 1390. The van der Waals surface area contributed by atoms with Crippen molar-refractivity contribution in [3.8, 4) is 39.5 Å². The van der Waals surface area contributed by atoms with E-state index in [0.717, 1.165) is 28.4 Å². The van der Waals surface area contributed by atoms with Crippen molar-refractivity contribution in [2.75, 3.05) is 21.3 Å². The Morgan fingerprint density at radius 1 is 0.487 bits per heavy atom. The summed E-state index contributed by atoms with van der Waals surface area (Å²) < 4.78 is 16.3. The van der Waals surface area contributed by atoms with E-state index in [4.69, 9.17) is 14.2 Å². The Kier molecular flexibility index (Phi) is 9.50. The summed E-state index contributed by atoms with van der Waals surface area (Å²) >= 11 is 0. The predicted molar refractivity (Wildman–Crippen MR) is 166 cm³/mol. The second kappa shape index (κ2) is 12.4. The summed E-state index contributed by atoms with van der Waals surface area (Å²) in [5.74, 6) is 2.66. The SMILES string of the molecule is COc1ccc(C(C)(C)C)cc1-c1cccc(C)c1.COc1cccc(-c2cc(C(C)(C)C)ccc2OC)c1. The highest BCUT2D eigenvalue weighted by Crippen LogP contribution is 2.36. The Balaban J connectivity index is 0.000000216. The van der Waals surface area contributed by atoms with Crippen LogP contribution in [0.25, 0.3) is 22.3 Å². The van der Waals surface area contributed by atoms with Gasteiger partial charge >= 0.3 is 0 Å². The van der Waals surface area contributed by atoms with E-state index in [0.29, 0.717) is 0 Å². The van der Waals surface area contributed by atoms with Gasteiger partial charge in [-0.25, -0.2) is 0 Å². The maximum Gasteiger partial charge on any atom is 0.126 e. The van der Waals surface area contributed by atoms with Crippen LogP contribution in [0, 0.1) is 6.92 Å². The number of hydrogen-bond donors (Lipinski definition) is 0. The molecule has 0 aliphatic rings. The monoisotopic (exact) mass is 524 g/mol. The summed E-state index contributed by atoms with van der Waals surface area (Å²) in [6, 6.07) is 29.4. The van der Waals surface area contributed by atoms with E-state index in [9.17, 15) is 0 Å². The van der Waals surface area contributed by atoms with E-state index < -0.39 is 0 Å². The smallest absolute Gasteiger partial charge is 0.126 e. The van der Waals surface area contributed by atoms with Crippen LogP contribution in [-0.4, -0.2) is 21.3 Å². The fourth-order valence-corrected chi connectivity index (χ4v) is 4.40. The molecule has 0 aliphatic heterocycles. The molecule has 0 fully saturated rings. The molecule has 4 aromatic carbocycles. The molecular formula is C36H44O3. The van der Waals surface area contributed by atoms with Gasteiger partial charge in [0.15, 0.2) is 0 Å². The first kappa shape index (κ1) is 29.8. The van der Waals surface area contributed by atoms with Gasteiger partial charge in [0.05, 0.1) is 21.3 Å². The summed E-state index contributed by atoms with van der Waals surface area (Å²) in [5.41, 5.74) is 8.71. The fraction of sp³-hybridized carbons (Fsp3) is 0.333. The molecule has 0 heterocycles. The van der Waals surface area contributed by atoms with Crippen LogP contribution >= 0.6 is 0 Å². The lowest BCUT2D eigenvalue weighted by Gasteiger charge is -2.21. The van der Waals surface area contributed by atoms with Crippen molar-refractivity contribution in [3.63, 3.8) is 0 Å². The summed E-state index contributed by atoms with van der Waals surface area (Å²) in [6.45, 7) is 15.4. The molecule has 0 saturated heterocycles. The molecular weight excluding hydrogens is 480 g/mol. The first-order valence-electron chi connectivity index (χ1n) is 13.5. The third-order valence-electron chi connectivity index (χ3n) is 6.84. The number of rotatable bonds is 5. The number of methoxy groups -OCH3 is 3. The Morgan fingerprint density at radius 2 is 0.949 bits per heavy atom. The number of aryl methyl sites for hydroxylation is 1. The van der Waals surface area contributed by atoms with Crippen LogP contribution in [0.2, 0.25) is 0 Å². The van der Waals surface area contributed by atoms with Gasteiger partial charge in [0, 0.05) is 11.1 Å². The average Bonchev–Trinajstić information content (AvgIpc) is 2.91. The first-order chi connectivity index (χ1) is 18.4. The van der Waals surface area contributed by atoms with Gasteiger partial charge in [-0.3, -0.25) is 0 Å². The molecule has 0 aliphatic carbocycles. The summed E-state index contributed by atoms with van der Waals surface area (Å²) in [6.07, 6.45) is 0. The predicted octanol–water partition coefficient (Wildman–Crippen LogP) is 9.64. The molecule has 3 nitrogen and oxygen atoms in total. The van der Waals surface area contributed by atoms with Crippen molar-refractivity contribution in [1.29, 1.82) is 0 Å². The van der Waals surface area contributed by atoms with Crippen LogP contribution in [0.4, 0.5) is 0 Å². The molecule has 0 aromatic heterocycles. The van der Waals surface area contributed by atoms with Crippen LogP contribution in [0.5, 0.6) is 17.2 Å². The minimum Gasteiger partial charge on any atom is -0.497 e. The van der Waals surface area contributed by atoms with Crippen LogP contribution < -0.4 is 14.2 Å². The third-order valence-corrected chi connectivity index (χ3v) is 6.84. The molecule has 0 radical (unpaired) electrons. The van der Waals surface area contributed by atoms with E-state index in [2.05, 4.69) is 109 Å². The number of hydrogen-bond acceptors (Lipinski definition) is 3. The lowest BCUT2D eigenvalue weighted by atomic mass is 9.85. The highest BCUT2D eigenvalue weighted by Gasteiger charge is 2.18. The minimum atomic E-state index is 0.111. The zero-order valence-electron chi connectivity index (χ0n) is 25.3. The topological polar surface area (TPSA) is 27.7 Å². The largest absolute Gasteiger partial charge is 0.497 e. The van der Waals surface area contributed by atoms with Crippen molar-refractivity contribution in [1.82, 2.24) is 0 Å². The van der Waals surface area contributed by atoms with Crippen molar-refractivity contribution < 1.29 is 14.2 Å². The number of ether oxygens (including phenoxy) is 3. The van der Waals surface area contributed by atoms with Crippen LogP contribution in [0.15, 0.2) is 84.9 Å². The normalized spacial score (nSPS) is 11.3. The zero-order valence-corrected chi connectivity index (χ0v) is 25.3. The van der Waals surface area contributed by atoms with Crippen molar-refractivity contribution in [2.45, 2.75) is 59.3 Å². The van der Waals surface area contributed by atoms with Crippen LogP contribution in [-0.2, 0) is 10.8 Å². The molecule has 39 heavy (non-hydrogen) atoms. The van der Waals surface area contributed by atoms with E-state index in [-0.39, 0.29) is 10.8 Å². The third kappa shape index (κ3) is 7.66. The first-order valence-corrected chi connectivity index (χ1v) is 13.5. The lowest BCUT2D eigenvalue weighted by molar-refractivity contribution is 0.413. The molecule has 0 saturated carbocycles. The van der Waals surface area contributed by atoms with Gasteiger partial charge in [-0.15, -0.1) is 0 Å². The minimum absolute atomic E-state index is 0.111. The maximum absolute atomic E-state index is 5.51. The molecule has 0 amide bonds. The Hall–Kier alpha value is -3.72. The van der Waals surface area contributed by atoms with Crippen LogP contribution in [0.1, 0.15) is 58.2 Å².